The molecule has 6 nitrogen and oxygen atoms in total. The van der Waals surface area contributed by atoms with E-state index in [2.05, 4.69) is 5.32 Å². The number of para-hydroxylation sites is 1. The Hall–Kier alpha value is -2.08. The third kappa shape index (κ3) is 3.33. The van der Waals surface area contributed by atoms with Crippen molar-refractivity contribution in [3.8, 4) is 5.75 Å². The summed E-state index contributed by atoms with van der Waals surface area (Å²) >= 11 is 0. The van der Waals surface area contributed by atoms with Crippen LogP contribution in [0.4, 0.5) is 5.69 Å². The van der Waals surface area contributed by atoms with Crippen molar-refractivity contribution in [1.29, 1.82) is 0 Å². The Balaban J connectivity index is 2.20. The molecule has 0 aromatic heterocycles. The van der Waals surface area contributed by atoms with Crippen LogP contribution in [0.15, 0.2) is 18.2 Å². The first kappa shape index (κ1) is 15.3. The SMILES string of the molecule is CCC(C)NCC(=O)N1CCOc2c(C(=O)O)cccc21. The maximum Gasteiger partial charge on any atom is 0.339 e. The van der Waals surface area contributed by atoms with E-state index in [1.54, 1.807) is 17.0 Å². The number of aromatic carboxylic acids is 1. The number of amides is 1. The first-order valence-corrected chi connectivity index (χ1v) is 7.07. The van der Waals surface area contributed by atoms with Gasteiger partial charge >= 0.3 is 5.97 Å². The van der Waals surface area contributed by atoms with E-state index >= 15 is 0 Å². The van der Waals surface area contributed by atoms with Gasteiger partial charge in [-0.1, -0.05) is 13.0 Å². The molecular formula is C15H20N2O4. The standard InChI is InChI=1S/C15H20N2O4/c1-3-10(2)16-9-13(18)17-7-8-21-14-11(15(19)20)5-4-6-12(14)17/h4-6,10,16H,3,7-9H2,1-2H3,(H,19,20). The van der Waals surface area contributed by atoms with Crippen LogP contribution < -0.4 is 15.0 Å². The second-order valence-corrected chi connectivity index (χ2v) is 5.04. The molecule has 1 atom stereocenters. The van der Waals surface area contributed by atoms with Crippen molar-refractivity contribution in [2.75, 3.05) is 24.6 Å². The second kappa shape index (κ2) is 6.58. The van der Waals surface area contributed by atoms with Crippen LogP contribution in [0.25, 0.3) is 0 Å². The highest BCUT2D eigenvalue weighted by atomic mass is 16.5. The number of hydrogen-bond donors (Lipinski definition) is 2. The van der Waals surface area contributed by atoms with Crippen LogP contribution in [-0.4, -0.2) is 42.7 Å². The quantitative estimate of drug-likeness (QED) is 0.860. The molecule has 1 aliphatic heterocycles. The molecule has 2 N–H and O–H groups in total. The number of rotatable bonds is 5. The molecule has 0 saturated carbocycles. The summed E-state index contributed by atoms with van der Waals surface area (Å²) in [7, 11) is 0. The molecule has 0 spiro atoms. The van der Waals surface area contributed by atoms with Crippen molar-refractivity contribution in [2.45, 2.75) is 26.3 Å². The van der Waals surface area contributed by atoms with E-state index < -0.39 is 5.97 Å². The van der Waals surface area contributed by atoms with Crippen molar-refractivity contribution < 1.29 is 19.4 Å². The molecule has 1 heterocycles. The summed E-state index contributed by atoms with van der Waals surface area (Å²) in [5.41, 5.74) is 0.608. The second-order valence-electron chi connectivity index (χ2n) is 5.04. The van der Waals surface area contributed by atoms with E-state index in [-0.39, 0.29) is 29.8 Å². The molecule has 1 amide bonds. The Morgan fingerprint density at radius 3 is 2.90 bits per heavy atom. The van der Waals surface area contributed by atoms with Gasteiger partial charge in [0.15, 0.2) is 5.75 Å². The lowest BCUT2D eigenvalue weighted by atomic mass is 10.1. The Bertz CT molecular complexity index is 544. The van der Waals surface area contributed by atoms with E-state index in [1.807, 2.05) is 13.8 Å². The Morgan fingerprint density at radius 2 is 2.24 bits per heavy atom. The van der Waals surface area contributed by atoms with Crippen LogP contribution in [0, 0.1) is 0 Å². The highest BCUT2D eigenvalue weighted by Crippen LogP contribution is 2.34. The van der Waals surface area contributed by atoms with Crippen molar-refractivity contribution in [3.63, 3.8) is 0 Å². The minimum absolute atomic E-state index is 0.0811. The van der Waals surface area contributed by atoms with Crippen molar-refractivity contribution in [2.24, 2.45) is 0 Å². The molecule has 1 unspecified atom stereocenters. The van der Waals surface area contributed by atoms with Crippen molar-refractivity contribution in [1.82, 2.24) is 5.32 Å². The van der Waals surface area contributed by atoms with Gasteiger partial charge in [0.05, 0.1) is 18.8 Å². The monoisotopic (exact) mass is 292 g/mol. The summed E-state index contributed by atoms with van der Waals surface area (Å²) in [6.07, 6.45) is 0.941. The van der Waals surface area contributed by atoms with Gasteiger partial charge in [-0.3, -0.25) is 4.79 Å². The molecule has 0 fully saturated rings. The van der Waals surface area contributed by atoms with E-state index in [0.29, 0.717) is 18.8 Å². The smallest absolute Gasteiger partial charge is 0.339 e. The minimum atomic E-state index is -1.06. The highest BCUT2D eigenvalue weighted by molar-refractivity contribution is 6.00. The van der Waals surface area contributed by atoms with Gasteiger partial charge in [0.2, 0.25) is 5.91 Å². The minimum Gasteiger partial charge on any atom is -0.489 e. The van der Waals surface area contributed by atoms with Crippen LogP contribution in [0.3, 0.4) is 0 Å². The summed E-state index contributed by atoms with van der Waals surface area (Å²) in [6, 6.07) is 5.08. The van der Waals surface area contributed by atoms with Crippen LogP contribution in [0.5, 0.6) is 5.75 Å². The molecule has 0 saturated heterocycles. The number of fused-ring (bicyclic) bond motifs is 1. The third-order valence-corrected chi connectivity index (χ3v) is 3.59. The maximum atomic E-state index is 12.3. The zero-order valence-corrected chi connectivity index (χ0v) is 12.3. The average molecular weight is 292 g/mol. The Labute approximate surface area is 123 Å². The Kier molecular flexibility index (Phi) is 4.80. The van der Waals surface area contributed by atoms with E-state index in [0.717, 1.165) is 6.42 Å². The predicted molar refractivity (Wildman–Crippen MR) is 79.0 cm³/mol. The van der Waals surface area contributed by atoms with Crippen LogP contribution in [0.1, 0.15) is 30.6 Å². The van der Waals surface area contributed by atoms with Gasteiger partial charge < -0.3 is 20.1 Å². The van der Waals surface area contributed by atoms with E-state index in [1.165, 1.54) is 6.07 Å². The lowest BCUT2D eigenvalue weighted by molar-refractivity contribution is -0.118. The lowest BCUT2D eigenvalue weighted by Crippen LogP contribution is -2.44. The van der Waals surface area contributed by atoms with Gasteiger partial charge in [-0.05, 0) is 25.5 Å². The third-order valence-electron chi connectivity index (χ3n) is 3.59. The largest absolute Gasteiger partial charge is 0.489 e. The first-order chi connectivity index (χ1) is 10.0. The summed E-state index contributed by atoms with van der Waals surface area (Å²) in [5.74, 6) is -0.866. The zero-order valence-electron chi connectivity index (χ0n) is 12.3. The van der Waals surface area contributed by atoms with Gasteiger partial charge in [-0.15, -0.1) is 0 Å². The van der Waals surface area contributed by atoms with Gasteiger partial charge in [-0.25, -0.2) is 4.79 Å². The van der Waals surface area contributed by atoms with Crippen LogP contribution in [0.2, 0.25) is 0 Å². The molecule has 1 aromatic carbocycles. The fraction of sp³-hybridized carbons (Fsp3) is 0.467. The number of ether oxygens (including phenoxy) is 1. The fourth-order valence-corrected chi connectivity index (χ4v) is 2.18. The molecule has 0 radical (unpaired) electrons. The first-order valence-electron chi connectivity index (χ1n) is 7.07. The molecule has 1 aliphatic rings. The van der Waals surface area contributed by atoms with Gasteiger partial charge in [-0.2, -0.15) is 0 Å². The number of carboxylic acid groups (broad SMARTS) is 1. The fourth-order valence-electron chi connectivity index (χ4n) is 2.18. The Morgan fingerprint density at radius 1 is 1.48 bits per heavy atom. The number of carbonyl (C=O) groups is 2. The molecule has 114 valence electrons. The predicted octanol–water partition coefficient (Wildman–Crippen LogP) is 1.50. The number of nitrogens with zero attached hydrogens (tertiary/aromatic N) is 1. The molecule has 6 heteroatoms. The summed E-state index contributed by atoms with van der Waals surface area (Å²) in [6.45, 7) is 5.02. The van der Waals surface area contributed by atoms with E-state index in [9.17, 15) is 14.7 Å². The lowest BCUT2D eigenvalue weighted by Gasteiger charge is -2.30. The normalized spacial score (nSPS) is 15.0. The van der Waals surface area contributed by atoms with Crippen molar-refractivity contribution in [3.05, 3.63) is 23.8 Å². The molecule has 0 bridgehead atoms. The zero-order chi connectivity index (χ0) is 15.4. The maximum absolute atomic E-state index is 12.3. The average Bonchev–Trinajstić information content (AvgIpc) is 2.50. The van der Waals surface area contributed by atoms with Crippen molar-refractivity contribution >= 4 is 17.6 Å². The summed E-state index contributed by atoms with van der Waals surface area (Å²) in [4.78, 5) is 25.1. The van der Waals surface area contributed by atoms with Gasteiger partial charge in [0, 0.05) is 6.04 Å². The summed E-state index contributed by atoms with van der Waals surface area (Å²) < 4.78 is 5.45. The molecule has 0 aliphatic carbocycles. The number of anilines is 1. The summed E-state index contributed by atoms with van der Waals surface area (Å²) in [5, 5.41) is 12.3. The molecule has 2 rings (SSSR count). The number of benzene rings is 1. The topological polar surface area (TPSA) is 78.9 Å². The number of hydrogen-bond acceptors (Lipinski definition) is 4. The van der Waals surface area contributed by atoms with E-state index in [4.69, 9.17) is 4.74 Å². The molecular weight excluding hydrogens is 272 g/mol. The highest BCUT2D eigenvalue weighted by Gasteiger charge is 2.27. The van der Waals surface area contributed by atoms with Gasteiger partial charge in [0.1, 0.15) is 12.2 Å². The number of nitrogens with one attached hydrogen (secondary N) is 1. The molecule has 1 aromatic rings. The van der Waals surface area contributed by atoms with Crippen LogP contribution >= 0.6 is 0 Å². The number of carboxylic acids is 1. The van der Waals surface area contributed by atoms with Gasteiger partial charge in [0.25, 0.3) is 0 Å². The number of carbonyl (C=O) groups excluding carboxylic acids is 1. The van der Waals surface area contributed by atoms with Crippen LogP contribution in [-0.2, 0) is 4.79 Å². The molecule has 21 heavy (non-hydrogen) atoms.